The van der Waals surface area contributed by atoms with Crippen molar-refractivity contribution < 1.29 is 17.9 Å². The van der Waals surface area contributed by atoms with Gasteiger partial charge in [-0.3, -0.25) is 0 Å². The van der Waals surface area contributed by atoms with Crippen LogP contribution in [0.25, 0.3) is 11.3 Å². The molecule has 0 fully saturated rings. The van der Waals surface area contributed by atoms with Crippen LogP contribution in [0.2, 0.25) is 0 Å². The minimum atomic E-state index is -1.12. The summed E-state index contributed by atoms with van der Waals surface area (Å²) >= 11 is 0. The van der Waals surface area contributed by atoms with Crippen molar-refractivity contribution in [2.45, 2.75) is 0 Å². The third-order valence-electron chi connectivity index (χ3n) is 2.26. The molecule has 5 heteroatoms. The quantitative estimate of drug-likeness (QED) is 0.803. The van der Waals surface area contributed by atoms with Crippen molar-refractivity contribution in [2.75, 3.05) is 7.11 Å². The van der Waals surface area contributed by atoms with Gasteiger partial charge in [-0.05, 0) is 12.1 Å². The maximum absolute atomic E-state index is 13.6. The van der Waals surface area contributed by atoms with E-state index >= 15 is 0 Å². The highest BCUT2D eigenvalue weighted by atomic mass is 19.2. The number of ether oxygens (including phenoxy) is 1. The third-order valence-corrected chi connectivity index (χ3v) is 2.26. The Bertz CT molecular complexity index is 557. The molecule has 1 aromatic carbocycles. The van der Waals surface area contributed by atoms with Crippen molar-refractivity contribution in [3.63, 3.8) is 0 Å². The molecule has 0 bridgehead atoms. The van der Waals surface area contributed by atoms with Crippen LogP contribution in [0.1, 0.15) is 0 Å². The van der Waals surface area contributed by atoms with E-state index in [0.717, 1.165) is 12.1 Å². The molecule has 0 unspecified atom stereocenters. The van der Waals surface area contributed by atoms with Crippen LogP contribution in [-0.2, 0) is 0 Å². The number of hydrogen-bond acceptors (Lipinski definition) is 2. The summed E-state index contributed by atoms with van der Waals surface area (Å²) < 4.78 is 44.8. The summed E-state index contributed by atoms with van der Waals surface area (Å²) in [5, 5.41) is 0. The van der Waals surface area contributed by atoms with E-state index in [9.17, 15) is 13.2 Å². The fraction of sp³-hybridized carbons (Fsp3) is 0.0833. The van der Waals surface area contributed by atoms with Crippen LogP contribution >= 0.6 is 0 Å². The van der Waals surface area contributed by atoms with Crippen molar-refractivity contribution >= 4 is 0 Å². The number of hydrogen-bond donors (Lipinski definition) is 0. The lowest BCUT2D eigenvalue weighted by molar-refractivity contribution is 0.409. The Morgan fingerprint density at radius 3 is 2.53 bits per heavy atom. The second-order valence-corrected chi connectivity index (χ2v) is 3.31. The maximum atomic E-state index is 13.6. The van der Waals surface area contributed by atoms with E-state index in [-0.39, 0.29) is 17.0 Å². The van der Waals surface area contributed by atoms with Gasteiger partial charge in [-0.1, -0.05) is 6.07 Å². The van der Waals surface area contributed by atoms with Gasteiger partial charge in [0.1, 0.15) is 11.4 Å². The molecule has 0 aliphatic rings. The van der Waals surface area contributed by atoms with Gasteiger partial charge in [-0.2, -0.15) is 0 Å². The number of methoxy groups -OCH3 is 1. The Hall–Kier alpha value is -2.04. The zero-order chi connectivity index (χ0) is 12.4. The van der Waals surface area contributed by atoms with Gasteiger partial charge in [0.25, 0.3) is 0 Å². The summed E-state index contributed by atoms with van der Waals surface area (Å²) in [6.45, 7) is 0. The molecule has 0 amide bonds. The minimum Gasteiger partial charge on any atom is -0.495 e. The van der Waals surface area contributed by atoms with Crippen LogP contribution in [0.5, 0.6) is 5.75 Å². The molecule has 0 radical (unpaired) electrons. The van der Waals surface area contributed by atoms with Crippen LogP contribution in [0.3, 0.4) is 0 Å². The molecule has 0 atom stereocenters. The number of aromatic nitrogens is 1. The molecule has 0 N–H and O–H groups in total. The van der Waals surface area contributed by atoms with Crippen molar-refractivity contribution in [1.82, 2.24) is 4.98 Å². The van der Waals surface area contributed by atoms with Gasteiger partial charge in [0.2, 0.25) is 0 Å². The van der Waals surface area contributed by atoms with Crippen LogP contribution < -0.4 is 4.74 Å². The van der Waals surface area contributed by atoms with Crippen LogP contribution in [0.4, 0.5) is 13.2 Å². The van der Waals surface area contributed by atoms with E-state index in [1.54, 1.807) is 0 Å². The fourth-order valence-electron chi connectivity index (χ4n) is 1.42. The van der Waals surface area contributed by atoms with Crippen LogP contribution in [0.15, 0.2) is 30.5 Å². The highest BCUT2D eigenvalue weighted by Gasteiger charge is 2.15. The van der Waals surface area contributed by atoms with E-state index in [1.807, 2.05) is 0 Å². The molecule has 0 saturated carbocycles. The molecule has 1 aromatic heterocycles. The average molecular weight is 239 g/mol. The molecule has 0 aliphatic heterocycles. The van der Waals surface area contributed by atoms with Crippen molar-refractivity contribution in [1.29, 1.82) is 0 Å². The van der Waals surface area contributed by atoms with Crippen LogP contribution in [0, 0.1) is 17.5 Å². The van der Waals surface area contributed by atoms with E-state index in [4.69, 9.17) is 4.74 Å². The first-order chi connectivity index (χ1) is 8.13. The van der Waals surface area contributed by atoms with E-state index in [1.165, 1.54) is 25.4 Å². The maximum Gasteiger partial charge on any atom is 0.168 e. The normalized spacial score (nSPS) is 10.4. The van der Waals surface area contributed by atoms with Gasteiger partial charge < -0.3 is 4.74 Å². The third kappa shape index (κ3) is 2.08. The standard InChI is InChI=1S/C12H8F3NO/c1-17-7-5-10(14)12(16-6-7)8-3-2-4-9(13)11(8)15/h2-6H,1H3. The van der Waals surface area contributed by atoms with Crippen molar-refractivity contribution in [3.8, 4) is 17.0 Å². The second kappa shape index (κ2) is 4.45. The van der Waals surface area contributed by atoms with Crippen molar-refractivity contribution in [3.05, 3.63) is 47.9 Å². The Labute approximate surface area is 95.7 Å². The zero-order valence-electron chi connectivity index (χ0n) is 8.88. The van der Waals surface area contributed by atoms with Gasteiger partial charge >= 0.3 is 0 Å². The summed E-state index contributed by atoms with van der Waals surface area (Å²) in [5.74, 6) is -2.72. The molecule has 17 heavy (non-hydrogen) atoms. The first kappa shape index (κ1) is 11.4. The molecule has 1 heterocycles. The van der Waals surface area contributed by atoms with Gasteiger partial charge in [0.05, 0.1) is 13.3 Å². The van der Waals surface area contributed by atoms with Crippen molar-refractivity contribution in [2.24, 2.45) is 0 Å². The largest absolute Gasteiger partial charge is 0.495 e. The van der Waals surface area contributed by atoms with E-state index < -0.39 is 17.5 Å². The lowest BCUT2D eigenvalue weighted by Crippen LogP contribution is -1.96. The number of nitrogens with zero attached hydrogens (tertiary/aromatic N) is 1. The Kier molecular flexibility index (Phi) is 2.99. The van der Waals surface area contributed by atoms with Crippen LogP contribution in [-0.4, -0.2) is 12.1 Å². The first-order valence-electron chi connectivity index (χ1n) is 4.77. The van der Waals surface area contributed by atoms with E-state index in [0.29, 0.717) is 0 Å². The van der Waals surface area contributed by atoms with Gasteiger partial charge in [-0.15, -0.1) is 0 Å². The smallest absolute Gasteiger partial charge is 0.168 e. The molecule has 88 valence electrons. The van der Waals surface area contributed by atoms with Gasteiger partial charge in [-0.25, -0.2) is 18.2 Å². The second-order valence-electron chi connectivity index (χ2n) is 3.31. The predicted octanol–water partition coefficient (Wildman–Crippen LogP) is 3.17. The summed E-state index contributed by atoms with van der Waals surface area (Å²) in [6, 6.07) is 4.57. The summed E-state index contributed by atoms with van der Waals surface area (Å²) in [4.78, 5) is 3.71. The summed E-state index contributed by atoms with van der Waals surface area (Å²) in [6.07, 6.45) is 1.24. The number of pyridine rings is 1. The number of benzene rings is 1. The number of halogens is 3. The number of rotatable bonds is 2. The Balaban J connectivity index is 2.57. The fourth-order valence-corrected chi connectivity index (χ4v) is 1.42. The average Bonchev–Trinajstić information content (AvgIpc) is 2.33. The first-order valence-corrected chi connectivity index (χ1v) is 4.77. The zero-order valence-corrected chi connectivity index (χ0v) is 8.88. The Morgan fingerprint density at radius 2 is 1.88 bits per heavy atom. The molecule has 2 aromatic rings. The SMILES string of the molecule is COc1cnc(-c2cccc(F)c2F)c(F)c1. The monoisotopic (exact) mass is 239 g/mol. The molecular weight excluding hydrogens is 231 g/mol. The summed E-state index contributed by atoms with van der Waals surface area (Å²) in [5.41, 5.74) is -0.465. The summed E-state index contributed by atoms with van der Waals surface area (Å²) in [7, 11) is 1.36. The Morgan fingerprint density at radius 1 is 1.12 bits per heavy atom. The van der Waals surface area contributed by atoms with E-state index in [2.05, 4.69) is 4.98 Å². The topological polar surface area (TPSA) is 22.1 Å². The predicted molar refractivity (Wildman–Crippen MR) is 56.1 cm³/mol. The minimum absolute atomic E-state index is 0.211. The highest BCUT2D eigenvalue weighted by molar-refractivity contribution is 5.61. The van der Waals surface area contributed by atoms with Gasteiger partial charge in [0.15, 0.2) is 17.5 Å². The lowest BCUT2D eigenvalue weighted by Gasteiger charge is -2.06. The molecule has 0 aliphatic carbocycles. The molecule has 0 saturated heterocycles. The molecule has 0 spiro atoms. The molecular formula is C12H8F3NO. The molecule has 2 rings (SSSR count). The van der Waals surface area contributed by atoms with Gasteiger partial charge in [0, 0.05) is 11.6 Å². The molecule has 2 nitrogen and oxygen atoms in total. The highest BCUT2D eigenvalue weighted by Crippen LogP contribution is 2.26. The lowest BCUT2D eigenvalue weighted by atomic mass is 10.1.